The first kappa shape index (κ1) is 18.7. The molecule has 0 unspecified atom stereocenters. The maximum Gasteiger partial charge on any atom is 0.223 e. The van der Waals surface area contributed by atoms with Crippen LogP contribution in [0.25, 0.3) is 11.0 Å². The van der Waals surface area contributed by atoms with E-state index in [9.17, 15) is 4.79 Å². The third kappa shape index (κ3) is 4.09. The number of nitrogens with one attached hydrogen (secondary N) is 1. The van der Waals surface area contributed by atoms with Gasteiger partial charge in [-0.25, -0.2) is 4.98 Å². The predicted octanol–water partition coefficient (Wildman–Crippen LogP) is 2.83. The zero-order valence-electron chi connectivity index (χ0n) is 16.6. The molecule has 28 heavy (non-hydrogen) atoms. The summed E-state index contributed by atoms with van der Waals surface area (Å²) in [6, 6.07) is 7.96. The van der Waals surface area contributed by atoms with E-state index in [0.29, 0.717) is 12.8 Å². The third-order valence-electron chi connectivity index (χ3n) is 5.52. The summed E-state index contributed by atoms with van der Waals surface area (Å²) < 4.78 is 5.27. The largest absolute Gasteiger partial charge is 0.361 e. The van der Waals surface area contributed by atoms with Gasteiger partial charge in [0, 0.05) is 51.1 Å². The fraction of sp³-hybridized carbons (Fsp3) is 0.476. The van der Waals surface area contributed by atoms with Crippen molar-refractivity contribution < 1.29 is 9.32 Å². The molecule has 1 aliphatic heterocycles. The van der Waals surface area contributed by atoms with Crippen molar-refractivity contribution in [1.29, 1.82) is 0 Å². The molecule has 7 heteroatoms. The van der Waals surface area contributed by atoms with E-state index in [4.69, 9.17) is 4.52 Å². The highest BCUT2D eigenvalue weighted by Gasteiger charge is 2.21. The average Bonchev–Trinajstić information content (AvgIpc) is 3.15. The van der Waals surface area contributed by atoms with Crippen LogP contribution in [0, 0.1) is 13.8 Å². The normalized spacial score (nSPS) is 15.9. The van der Waals surface area contributed by atoms with E-state index in [0.717, 1.165) is 67.5 Å². The van der Waals surface area contributed by atoms with Crippen LogP contribution in [-0.2, 0) is 17.8 Å². The fourth-order valence-electron chi connectivity index (χ4n) is 3.84. The topological polar surface area (TPSA) is 78.3 Å². The van der Waals surface area contributed by atoms with Gasteiger partial charge in [-0.2, -0.15) is 0 Å². The van der Waals surface area contributed by atoms with Crippen LogP contribution in [0.5, 0.6) is 0 Å². The van der Waals surface area contributed by atoms with Gasteiger partial charge in [0.1, 0.15) is 11.6 Å². The van der Waals surface area contributed by atoms with E-state index in [1.54, 1.807) is 0 Å². The predicted molar refractivity (Wildman–Crippen MR) is 107 cm³/mol. The van der Waals surface area contributed by atoms with Crippen molar-refractivity contribution in [2.24, 2.45) is 0 Å². The van der Waals surface area contributed by atoms with Crippen molar-refractivity contribution in [2.75, 3.05) is 26.2 Å². The number of imidazole rings is 1. The van der Waals surface area contributed by atoms with Crippen molar-refractivity contribution in [1.82, 2.24) is 24.9 Å². The van der Waals surface area contributed by atoms with Crippen molar-refractivity contribution in [3.63, 3.8) is 0 Å². The molecule has 0 aliphatic carbocycles. The van der Waals surface area contributed by atoms with Gasteiger partial charge in [-0.05, 0) is 32.4 Å². The lowest BCUT2D eigenvalue weighted by atomic mass is 10.2. The van der Waals surface area contributed by atoms with Gasteiger partial charge in [0.05, 0.1) is 16.7 Å². The van der Waals surface area contributed by atoms with Gasteiger partial charge in [0.25, 0.3) is 0 Å². The van der Waals surface area contributed by atoms with Crippen molar-refractivity contribution in [2.45, 2.75) is 39.7 Å². The molecule has 1 aromatic carbocycles. The Balaban J connectivity index is 1.30. The quantitative estimate of drug-likeness (QED) is 0.735. The van der Waals surface area contributed by atoms with Crippen LogP contribution in [0.1, 0.15) is 35.7 Å². The Morgan fingerprint density at radius 3 is 2.82 bits per heavy atom. The third-order valence-corrected chi connectivity index (χ3v) is 5.52. The first-order valence-electron chi connectivity index (χ1n) is 9.95. The van der Waals surface area contributed by atoms with E-state index in [-0.39, 0.29) is 5.91 Å². The number of carbonyl (C=O) groups is 1. The summed E-state index contributed by atoms with van der Waals surface area (Å²) >= 11 is 0. The molecule has 1 N–H and O–H groups in total. The number of rotatable bonds is 5. The summed E-state index contributed by atoms with van der Waals surface area (Å²) in [5.74, 6) is 1.98. The zero-order chi connectivity index (χ0) is 19.5. The van der Waals surface area contributed by atoms with Gasteiger partial charge in [0.15, 0.2) is 0 Å². The lowest BCUT2D eigenvalue weighted by molar-refractivity contribution is -0.131. The number of benzene rings is 1. The number of nitrogens with zero attached hydrogens (tertiary/aromatic N) is 4. The van der Waals surface area contributed by atoms with Crippen LogP contribution >= 0.6 is 0 Å². The minimum Gasteiger partial charge on any atom is -0.361 e. The summed E-state index contributed by atoms with van der Waals surface area (Å²) in [5, 5.41) is 4.04. The molecule has 2 aromatic heterocycles. The van der Waals surface area contributed by atoms with Crippen molar-refractivity contribution >= 4 is 16.9 Å². The number of aryl methyl sites for hydroxylation is 3. The van der Waals surface area contributed by atoms with E-state index >= 15 is 0 Å². The Morgan fingerprint density at radius 1 is 1.18 bits per heavy atom. The number of hydrogen-bond acceptors (Lipinski definition) is 5. The van der Waals surface area contributed by atoms with Crippen molar-refractivity contribution in [3.8, 4) is 0 Å². The molecule has 0 saturated carbocycles. The standard InChI is InChI=1S/C21H27N5O2/c1-15-17(16(2)28-24-15)14-25-10-5-11-26(13-12-25)21(27)9-8-20-22-18-6-3-4-7-19(18)23-20/h3-4,6-7H,5,8-14H2,1-2H3,(H,22,23). The minimum absolute atomic E-state index is 0.208. The molecule has 0 bridgehead atoms. The first-order valence-corrected chi connectivity index (χ1v) is 9.95. The Hall–Kier alpha value is -2.67. The molecule has 4 rings (SSSR count). The number of H-pyrrole nitrogens is 1. The number of amides is 1. The number of hydrogen-bond donors (Lipinski definition) is 1. The smallest absolute Gasteiger partial charge is 0.223 e. The summed E-state index contributed by atoms with van der Waals surface area (Å²) in [5.41, 5.74) is 4.11. The summed E-state index contributed by atoms with van der Waals surface area (Å²) in [6.07, 6.45) is 2.12. The second kappa shape index (κ2) is 8.14. The Bertz CT molecular complexity index is 908. The highest BCUT2D eigenvalue weighted by Crippen LogP contribution is 2.17. The lowest BCUT2D eigenvalue weighted by Crippen LogP contribution is -2.35. The van der Waals surface area contributed by atoms with Gasteiger partial charge in [-0.1, -0.05) is 17.3 Å². The van der Waals surface area contributed by atoms with Crippen molar-refractivity contribution in [3.05, 3.63) is 47.1 Å². The number of para-hydroxylation sites is 2. The van der Waals surface area contributed by atoms with Crippen LogP contribution in [0.3, 0.4) is 0 Å². The molecular weight excluding hydrogens is 354 g/mol. The molecule has 0 atom stereocenters. The number of aromatic amines is 1. The summed E-state index contributed by atoms with van der Waals surface area (Å²) in [6.45, 7) is 8.22. The Kier molecular flexibility index (Phi) is 5.43. The average molecular weight is 381 g/mol. The monoisotopic (exact) mass is 381 g/mol. The zero-order valence-corrected chi connectivity index (χ0v) is 16.6. The molecule has 1 amide bonds. The highest BCUT2D eigenvalue weighted by atomic mass is 16.5. The number of fused-ring (bicyclic) bond motifs is 1. The van der Waals surface area contributed by atoms with Gasteiger partial charge >= 0.3 is 0 Å². The second-order valence-corrected chi connectivity index (χ2v) is 7.51. The molecule has 0 spiro atoms. The first-order chi connectivity index (χ1) is 13.6. The van der Waals surface area contributed by atoms with Gasteiger partial charge < -0.3 is 14.4 Å². The number of aromatic nitrogens is 3. The second-order valence-electron chi connectivity index (χ2n) is 7.51. The molecular formula is C21H27N5O2. The lowest BCUT2D eigenvalue weighted by Gasteiger charge is -2.22. The van der Waals surface area contributed by atoms with Gasteiger partial charge in [-0.15, -0.1) is 0 Å². The van der Waals surface area contributed by atoms with Crippen LogP contribution in [-0.4, -0.2) is 57.0 Å². The highest BCUT2D eigenvalue weighted by molar-refractivity contribution is 5.77. The van der Waals surface area contributed by atoms with Crippen LogP contribution in [0.15, 0.2) is 28.8 Å². The van der Waals surface area contributed by atoms with Crippen LogP contribution < -0.4 is 0 Å². The van der Waals surface area contributed by atoms with E-state index in [1.165, 1.54) is 5.56 Å². The van der Waals surface area contributed by atoms with Crippen LogP contribution in [0.4, 0.5) is 0 Å². The summed E-state index contributed by atoms with van der Waals surface area (Å²) in [7, 11) is 0. The van der Waals surface area contributed by atoms with Gasteiger partial charge in [0.2, 0.25) is 5.91 Å². The summed E-state index contributed by atoms with van der Waals surface area (Å²) in [4.78, 5) is 25.0. The molecule has 3 heterocycles. The molecule has 0 radical (unpaired) electrons. The molecule has 1 saturated heterocycles. The maximum absolute atomic E-state index is 12.7. The molecule has 1 aliphatic rings. The SMILES string of the molecule is Cc1noc(C)c1CN1CCCN(C(=O)CCc2nc3ccccc3[nH]2)CC1. The van der Waals surface area contributed by atoms with Gasteiger partial charge in [-0.3, -0.25) is 9.69 Å². The molecule has 3 aromatic rings. The van der Waals surface area contributed by atoms with E-state index < -0.39 is 0 Å². The van der Waals surface area contributed by atoms with Crippen LogP contribution in [0.2, 0.25) is 0 Å². The molecule has 148 valence electrons. The molecule has 1 fully saturated rings. The Labute approximate surface area is 164 Å². The van der Waals surface area contributed by atoms with E-state index in [1.807, 2.05) is 43.0 Å². The maximum atomic E-state index is 12.7. The Morgan fingerprint density at radius 2 is 2.04 bits per heavy atom. The fourth-order valence-corrected chi connectivity index (χ4v) is 3.84. The molecule has 7 nitrogen and oxygen atoms in total. The number of carbonyl (C=O) groups excluding carboxylic acids is 1. The minimum atomic E-state index is 0.208. The van der Waals surface area contributed by atoms with E-state index in [2.05, 4.69) is 20.0 Å².